The highest BCUT2D eigenvalue weighted by Crippen LogP contribution is 2.23. The van der Waals surface area contributed by atoms with Gasteiger partial charge in [-0.2, -0.15) is 0 Å². The summed E-state index contributed by atoms with van der Waals surface area (Å²) in [6, 6.07) is 0.0873. The molecule has 0 aliphatic rings. The molecular weight excluding hydrogens is 238 g/mol. The van der Waals surface area contributed by atoms with Crippen LogP contribution in [-0.4, -0.2) is 51.0 Å². The monoisotopic (exact) mass is 265 g/mol. The zero-order chi connectivity index (χ0) is 13.7. The molecule has 0 aliphatic carbocycles. The van der Waals surface area contributed by atoms with Gasteiger partial charge in [-0.1, -0.05) is 6.92 Å². The molecule has 17 heavy (non-hydrogen) atoms. The van der Waals surface area contributed by atoms with Gasteiger partial charge in [0.05, 0.1) is 0 Å². The van der Waals surface area contributed by atoms with E-state index in [9.17, 15) is 8.42 Å². The zero-order valence-corrected chi connectivity index (χ0v) is 12.5. The van der Waals surface area contributed by atoms with Crippen LogP contribution in [0.2, 0.25) is 0 Å². The van der Waals surface area contributed by atoms with Gasteiger partial charge in [-0.15, -0.1) is 0 Å². The Balaban J connectivity index is 4.51. The lowest BCUT2D eigenvalue weighted by atomic mass is 9.86. The summed E-state index contributed by atoms with van der Waals surface area (Å²) in [4.78, 5) is 2.14. The molecule has 0 aromatic rings. The van der Waals surface area contributed by atoms with Crippen molar-refractivity contribution < 1.29 is 8.42 Å². The fourth-order valence-electron chi connectivity index (χ4n) is 2.00. The third-order valence-electron chi connectivity index (χ3n) is 3.70. The number of likely N-dealkylation sites (N-methyl/N-ethyl adjacent to an activating group) is 1. The van der Waals surface area contributed by atoms with E-state index < -0.39 is 9.84 Å². The first kappa shape index (κ1) is 16.8. The van der Waals surface area contributed by atoms with E-state index in [4.69, 9.17) is 5.84 Å². The second-order valence-corrected chi connectivity index (χ2v) is 7.36. The normalized spacial score (nSPS) is 18.1. The largest absolute Gasteiger partial charge is 0.302 e. The molecule has 0 aromatic carbocycles. The topological polar surface area (TPSA) is 75.4 Å². The van der Waals surface area contributed by atoms with Gasteiger partial charge < -0.3 is 4.90 Å². The Kier molecular flexibility index (Phi) is 6.61. The smallest absolute Gasteiger partial charge is 0.147 e. The molecule has 3 N–H and O–H groups in total. The van der Waals surface area contributed by atoms with Crippen molar-refractivity contribution in [3.8, 4) is 0 Å². The summed E-state index contributed by atoms with van der Waals surface area (Å²) in [7, 11) is 1.15. The van der Waals surface area contributed by atoms with Crippen molar-refractivity contribution in [1.82, 2.24) is 10.3 Å². The molecule has 2 atom stereocenters. The van der Waals surface area contributed by atoms with E-state index in [-0.39, 0.29) is 17.3 Å². The third-order valence-corrected chi connectivity index (χ3v) is 4.73. The Bertz CT molecular complexity index is 317. The quantitative estimate of drug-likeness (QED) is 0.490. The van der Waals surface area contributed by atoms with Crippen molar-refractivity contribution >= 4 is 9.84 Å². The number of nitrogens with one attached hydrogen (secondary N) is 1. The molecule has 0 bridgehead atoms. The van der Waals surface area contributed by atoms with Crippen molar-refractivity contribution in [2.24, 2.45) is 5.84 Å². The molecule has 0 aromatic heterocycles. The van der Waals surface area contributed by atoms with E-state index in [1.165, 1.54) is 6.26 Å². The fourth-order valence-corrected chi connectivity index (χ4v) is 2.69. The van der Waals surface area contributed by atoms with Gasteiger partial charge in [-0.05, 0) is 40.3 Å². The summed E-state index contributed by atoms with van der Waals surface area (Å²) < 4.78 is 22.2. The maximum atomic E-state index is 11.1. The Morgan fingerprint density at radius 1 is 1.41 bits per heavy atom. The summed E-state index contributed by atoms with van der Waals surface area (Å²) in [5.41, 5.74) is 2.76. The van der Waals surface area contributed by atoms with Gasteiger partial charge in [-0.3, -0.25) is 11.3 Å². The van der Waals surface area contributed by atoms with Crippen molar-refractivity contribution in [1.29, 1.82) is 0 Å². The van der Waals surface area contributed by atoms with Crippen LogP contribution in [0.1, 0.15) is 33.1 Å². The van der Waals surface area contributed by atoms with Crippen LogP contribution < -0.4 is 11.3 Å². The van der Waals surface area contributed by atoms with Crippen molar-refractivity contribution in [3.05, 3.63) is 0 Å². The summed E-state index contributed by atoms with van der Waals surface area (Å²) >= 11 is 0. The van der Waals surface area contributed by atoms with E-state index in [0.29, 0.717) is 6.42 Å². The lowest BCUT2D eigenvalue weighted by Crippen LogP contribution is -2.58. The van der Waals surface area contributed by atoms with E-state index >= 15 is 0 Å². The van der Waals surface area contributed by atoms with Crippen LogP contribution in [0.25, 0.3) is 0 Å². The first-order valence-corrected chi connectivity index (χ1v) is 8.04. The van der Waals surface area contributed by atoms with Gasteiger partial charge in [0.2, 0.25) is 0 Å². The lowest BCUT2D eigenvalue weighted by Gasteiger charge is -2.42. The minimum atomic E-state index is -2.88. The van der Waals surface area contributed by atoms with Gasteiger partial charge in [-0.25, -0.2) is 8.42 Å². The van der Waals surface area contributed by atoms with Gasteiger partial charge >= 0.3 is 0 Å². The SMILES string of the molecule is CCC(C)(C(CCCS(C)(=O)=O)NN)N(C)C. The van der Waals surface area contributed by atoms with Gasteiger partial charge in [0.15, 0.2) is 0 Å². The molecule has 2 unspecified atom stereocenters. The van der Waals surface area contributed by atoms with Crippen molar-refractivity contribution in [3.63, 3.8) is 0 Å². The van der Waals surface area contributed by atoms with Crippen LogP contribution in [0.5, 0.6) is 0 Å². The van der Waals surface area contributed by atoms with E-state index in [2.05, 4.69) is 24.2 Å². The molecule has 104 valence electrons. The molecule has 0 spiro atoms. The second-order valence-electron chi connectivity index (χ2n) is 5.10. The number of sulfone groups is 1. The van der Waals surface area contributed by atoms with Crippen LogP contribution in [0.4, 0.5) is 0 Å². The molecule has 0 rings (SSSR count). The van der Waals surface area contributed by atoms with Gasteiger partial charge in [0, 0.05) is 23.6 Å². The first-order chi connectivity index (χ1) is 7.67. The molecule has 0 heterocycles. The number of hydrazine groups is 1. The second kappa shape index (κ2) is 6.68. The average Bonchev–Trinajstić information content (AvgIpc) is 2.21. The van der Waals surface area contributed by atoms with Gasteiger partial charge in [0.1, 0.15) is 9.84 Å². The molecule has 0 amide bonds. The maximum absolute atomic E-state index is 11.1. The Labute approximate surface area is 106 Å². The number of rotatable bonds is 8. The summed E-state index contributed by atoms with van der Waals surface area (Å²) in [6.07, 6.45) is 3.61. The Morgan fingerprint density at radius 2 is 1.94 bits per heavy atom. The van der Waals surface area contributed by atoms with Crippen molar-refractivity contribution in [2.75, 3.05) is 26.1 Å². The minimum absolute atomic E-state index is 0.0632. The minimum Gasteiger partial charge on any atom is -0.302 e. The molecule has 6 heteroatoms. The highest BCUT2D eigenvalue weighted by Gasteiger charge is 2.33. The van der Waals surface area contributed by atoms with Crippen LogP contribution in [0.15, 0.2) is 0 Å². The highest BCUT2D eigenvalue weighted by molar-refractivity contribution is 7.90. The summed E-state index contributed by atoms with van der Waals surface area (Å²) in [6.45, 7) is 4.25. The molecule has 5 nitrogen and oxygen atoms in total. The van der Waals surface area contributed by atoms with Crippen LogP contribution in [0.3, 0.4) is 0 Å². The van der Waals surface area contributed by atoms with Gasteiger partial charge in [0.25, 0.3) is 0 Å². The number of hydrogen-bond donors (Lipinski definition) is 2. The zero-order valence-electron chi connectivity index (χ0n) is 11.7. The van der Waals surface area contributed by atoms with Crippen LogP contribution >= 0.6 is 0 Å². The fraction of sp³-hybridized carbons (Fsp3) is 1.00. The average molecular weight is 265 g/mol. The molecule has 0 saturated carbocycles. The predicted molar refractivity (Wildman–Crippen MR) is 72.4 cm³/mol. The van der Waals surface area contributed by atoms with E-state index in [1.807, 2.05) is 14.1 Å². The van der Waals surface area contributed by atoms with Crippen molar-refractivity contribution in [2.45, 2.75) is 44.7 Å². The number of hydrogen-bond acceptors (Lipinski definition) is 5. The third kappa shape index (κ3) is 5.33. The maximum Gasteiger partial charge on any atom is 0.147 e. The lowest BCUT2D eigenvalue weighted by molar-refractivity contribution is 0.108. The van der Waals surface area contributed by atoms with Crippen LogP contribution in [-0.2, 0) is 9.84 Å². The number of nitrogens with zero attached hydrogens (tertiary/aromatic N) is 1. The molecular formula is C11H27N3O2S. The molecule has 0 radical (unpaired) electrons. The summed E-state index contributed by atoms with van der Waals surface area (Å²) in [5, 5.41) is 0. The first-order valence-electron chi connectivity index (χ1n) is 5.98. The van der Waals surface area contributed by atoms with Crippen LogP contribution in [0, 0.1) is 0 Å². The summed E-state index contributed by atoms with van der Waals surface area (Å²) in [5.74, 6) is 5.82. The van der Waals surface area contributed by atoms with E-state index in [0.717, 1.165) is 12.8 Å². The Hall–Kier alpha value is -0.170. The highest BCUT2D eigenvalue weighted by atomic mass is 32.2. The predicted octanol–water partition coefficient (Wildman–Crippen LogP) is 0.373. The number of nitrogens with two attached hydrogens (primary N) is 1. The van der Waals surface area contributed by atoms with E-state index in [1.54, 1.807) is 0 Å². The molecule has 0 saturated heterocycles. The standard InChI is InChI=1S/C11H27N3O2S/c1-6-11(2,14(3)4)10(13-12)8-7-9-17(5,15)16/h10,13H,6-9,12H2,1-5H3. The molecule has 0 fully saturated rings. The molecule has 0 aliphatic heterocycles. The Morgan fingerprint density at radius 3 is 2.24 bits per heavy atom.